The van der Waals surface area contributed by atoms with Gasteiger partial charge in [0.05, 0.1) is 0 Å². The summed E-state index contributed by atoms with van der Waals surface area (Å²) in [5.74, 6) is 2.02. The Hall–Kier alpha value is -2.24. The summed E-state index contributed by atoms with van der Waals surface area (Å²) in [6.07, 6.45) is 6.84. The normalized spacial score (nSPS) is 13.2. The van der Waals surface area contributed by atoms with E-state index in [2.05, 4.69) is 34.1 Å². The molecule has 2 aromatic rings. The van der Waals surface area contributed by atoms with Gasteiger partial charge in [-0.1, -0.05) is 6.92 Å². The molecule has 0 bridgehead atoms. The van der Waals surface area contributed by atoms with Crippen LogP contribution in [0.5, 0.6) is 0 Å². The fourth-order valence-corrected chi connectivity index (χ4v) is 2.92. The third-order valence-corrected chi connectivity index (χ3v) is 4.09. The largest absolute Gasteiger partial charge is 0.369 e. The summed E-state index contributed by atoms with van der Waals surface area (Å²) in [4.78, 5) is 17.6. The highest BCUT2D eigenvalue weighted by Crippen LogP contribution is 2.22. The van der Waals surface area contributed by atoms with E-state index in [0.29, 0.717) is 5.95 Å². The Balaban J connectivity index is 1.67. The molecule has 0 unspecified atom stereocenters. The molecule has 6 heteroatoms. The Bertz CT molecular complexity index is 683. The lowest BCUT2D eigenvalue weighted by Gasteiger charge is -2.10. The molecule has 0 fully saturated rings. The van der Waals surface area contributed by atoms with Gasteiger partial charge in [-0.05, 0) is 38.2 Å². The van der Waals surface area contributed by atoms with Gasteiger partial charge in [-0.15, -0.1) is 0 Å². The average molecular weight is 298 g/mol. The second-order valence-corrected chi connectivity index (χ2v) is 5.64. The lowest BCUT2D eigenvalue weighted by atomic mass is 10.2. The molecule has 6 nitrogen and oxygen atoms in total. The minimum Gasteiger partial charge on any atom is -0.369 e. The first kappa shape index (κ1) is 14.7. The van der Waals surface area contributed by atoms with Crippen molar-refractivity contribution in [1.29, 1.82) is 0 Å². The number of nitrogen functional groups attached to an aromatic ring is 1. The molecule has 2 heterocycles. The van der Waals surface area contributed by atoms with Gasteiger partial charge in [0.1, 0.15) is 11.6 Å². The Morgan fingerprint density at radius 3 is 2.91 bits per heavy atom. The molecular formula is C16H22N6. The number of rotatable bonds is 5. The number of hydrogen-bond acceptors (Lipinski definition) is 6. The van der Waals surface area contributed by atoms with Crippen molar-refractivity contribution < 1.29 is 0 Å². The topological polar surface area (TPSA) is 89.6 Å². The van der Waals surface area contributed by atoms with Crippen LogP contribution in [0.25, 0.3) is 0 Å². The molecule has 0 aromatic carbocycles. The third kappa shape index (κ3) is 3.00. The van der Waals surface area contributed by atoms with Gasteiger partial charge in [0.15, 0.2) is 0 Å². The van der Waals surface area contributed by atoms with Crippen LogP contribution in [0.2, 0.25) is 0 Å². The van der Waals surface area contributed by atoms with Crippen LogP contribution >= 0.6 is 0 Å². The van der Waals surface area contributed by atoms with Crippen LogP contribution in [-0.2, 0) is 25.7 Å². The van der Waals surface area contributed by atoms with Crippen LogP contribution in [0.4, 0.5) is 11.8 Å². The van der Waals surface area contributed by atoms with Gasteiger partial charge in [-0.25, -0.2) is 15.0 Å². The van der Waals surface area contributed by atoms with Crippen molar-refractivity contribution >= 4 is 11.8 Å². The van der Waals surface area contributed by atoms with E-state index in [0.717, 1.165) is 55.1 Å². The molecule has 22 heavy (non-hydrogen) atoms. The Morgan fingerprint density at radius 2 is 2.09 bits per heavy atom. The molecular weight excluding hydrogens is 276 g/mol. The third-order valence-electron chi connectivity index (χ3n) is 4.09. The number of aromatic nitrogens is 4. The van der Waals surface area contributed by atoms with Gasteiger partial charge in [-0.3, -0.25) is 0 Å². The summed E-state index contributed by atoms with van der Waals surface area (Å²) in [6, 6.07) is 0. The maximum absolute atomic E-state index is 5.66. The number of anilines is 2. The fourth-order valence-electron chi connectivity index (χ4n) is 2.92. The number of nitrogens with zero attached hydrogens (tertiary/aromatic N) is 4. The number of aryl methyl sites for hydroxylation is 3. The van der Waals surface area contributed by atoms with Gasteiger partial charge in [0, 0.05) is 36.1 Å². The average Bonchev–Trinajstić information content (AvgIpc) is 2.96. The van der Waals surface area contributed by atoms with Crippen molar-refractivity contribution in [1.82, 2.24) is 19.9 Å². The van der Waals surface area contributed by atoms with E-state index in [1.54, 1.807) is 6.20 Å². The summed E-state index contributed by atoms with van der Waals surface area (Å²) in [6.45, 7) is 4.90. The maximum atomic E-state index is 5.66. The SMILES string of the molecule is CCc1cnc(N)nc1NCCc1nc(C)c2c(n1)CCC2. The quantitative estimate of drug-likeness (QED) is 0.875. The van der Waals surface area contributed by atoms with Crippen LogP contribution < -0.4 is 11.1 Å². The number of nitrogens with two attached hydrogens (primary N) is 1. The van der Waals surface area contributed by atoms with Crippen molar-refractivity contribution in [3.8, 4) is 0 Å². The second-order valence-electron chi connectivity index (χ2n) is 5.64. The summed E-state index contributed by atoms with van der Waals surface area (Å²) >= 11 is 0. The first-order valence-electron chi connectivity index (χ1n) is 7.88. The molecule has 1 aliphatic rings. The summed E-state index contributed by atoms with van der Waals surface area (Å²) in [7, 11) is 0. The zero-order valence-electron chi connectivity index (χ0n) is 13.2. The minimum atomic E-state index is 0.296. The van der Waals surface area contributed by atoms with Crippen LogP contribution in [0.3, 0.4) is 0 Å². The van der Waals surface area contributed by atoms with E-state index in [4.69, 9.17) is 10.7 Å². The molecule has 0 saturated carbocycles. The van der Waals surface area contributed by atoms with E-state index in [9.17, 15) is 0 Å². The second kappa shape index (κ2) is 6.25. The van der Waals surface area contributed by atoms with Gasteiger partial charge >= 0.3 is 0 Å². The highest BCUT2D eigenvalue weighted by atomic mass is 15.1. The molecule has 3 rings (SSSR count). The van der Waals surface area contributed by atoms with Gasteiger partial charge in [0.25, 0.3) is 0 Å². The van der Waals surface area contributed by atoms with Crippen LogP contribution in [0.15, 0.2) is 6.20 Å². The smallest absolute Gasteiger partial charge is 0.221 e. The van der Waals surface area contributed by atoms with Crippen molar-refractivity contribution in [3.63, 3.8) is 0 Å². The molecule has 0 saturated heterocycles. The molecule has 2 aromatic heterocycles. The zero-order valence-corrected chi connectivity index (χ0v) is 13.2. The monoisotopic (exact) mass is 298 g/mol. The number of nitrogens with one attached hydrogen (secondary N) is 1. The molecule has 1 aliphatic carbocycles. The fraction of sp³-hybridized carbons (Fsp3) is 0.500. The van der Waals surface area contributed by atoms with Crippen molar-refractivity contribution in [3.05, 3.63) is 34.5 Å². The van der Waals surface area contributed by atoms with Gasteiger partial charge < -0.3 is 11.1 Å². The lowest BCUT2D eigenvalue weighted by Crippen LogP contribution is -2.13. The summed E-state index contributed by atoms with van der Waals surface area (Å²) < 4.78 is 0. The van der Waals surface area contributed by atoms with Gasteiger partial charge in [0.2, 0.25) is 5.95 Å². The predicted octanol–water partition coefficient (Wildman–Crippen LogP) is 1.86. The molecule has 3 N–H and O–H groups in total. The Morgan fingerprint density at radius 1 is 1.23 bits per heavy atom. The van der Waals surface area contributed by atoms with E-state index in [1.165, 1.54) is 17.7 Å². The van der Waals surface area contributed by atoms with E-state index >= 15 is 0 Å². The molecule has 0 aliphatic heterocycles. The standard InChI is InChI=1S/C16H22N6/c1-3-11-9-19-16(17)22-15(11)18-8-7-14-20-10(2)12-5-4-6-13(12)21-14/h9H,3-8H2,1-2H3,(H3,17,18,19,22). The molecule has 0 spiro atoms. The summed E-state index contributed by atoms with van der Waals surface area (Å²) in [5.41, 5.74) is 10.5. The first-order chi connectivity index (χ1) is 10.7. The Kier molecular flexibility index (Phi) is 4.18. The summed E-state index contributed by atoms with van der Waals surface area (Å²) in [5, 5.41) is 3.33. The Labute approximate surface area is 130 Å². The highest BCUT2D eigenvalue weighted by Gasteiger charge is 2.16. The molecule has 116 valence electrons. The van der Waals surface area contributed by atoms with Crippen molar-refractivity contribution in [2.24, 2.45) is 0 Å². The van der Waals surface area contributed by atoms with Crippen molar-refractivity contribution in [2.45, 2.75) is 46.0 Å². The lowest BCUT2D eigenvalue weighted by molar-refractivity contribution is 0.843. The van der Waals surface area contributed by atoms with Crippen molar-refractivity contribution in [2.75, 3.05) is 17.6 Å². The zero-order chi connectivity index (χ0) is 15.5. The highest BCUT2D eigenvalue weighted by molar-refractivity contribution is 5.46. The minimum absolute atomic E-state index is 0.296. The van der Waals surface area contributed by atoms with E-state index in [-0.39, 0.29) is 0 Å². The number of hydrogen-bond donors (Lipinski definition) is 2. The van der Waals surface area contributed by atoms with E-state index in [1.807, 2.05) is 0 Å². The number of fused-ring (bicyclic) bond motifs is 1. The van der Waals surface area contributed by atoms with Crippen LogP contribution in [0, 0.1) is 6.92 Å². The predicted molar refractivity (Wildman–Crippen MR) is 86.8 cm³/mol. The maximum Gasteiger partial charge on any atom is 0.221 e. The molecule has 0 amide bonds. The van der Waals surface area contributed by atoms with Gasteiger partial charge in [-0.2, -0.15) is 4.98 Å². The first-order valence-corrected chi connectivity index (χ1v) is 7.88. The van der Waals surface area contributed by atoms with Crippen LogP contribution in [-0.4, -0.2) is 26.5 Å². The van der Waals surface area contributed by atoms with Crippen LogP contribution in [0.1, 0.15) is 41.7 Å². The molecule has 0 atom stereocenters. The van der Waals surface area contributed by atoms with E-state index < -0.39 is 0 Å². The molecule has 0 radical (unpaired) electrons.